The topological polar surface area (TPSA) is 56.7 Å². The Morgan fingerprint density at radius 1 is 1.21 bits per heavy atom. The van der Waals surface area contributed by atoms with Gasteiger partial charge in [-0.25, -0.2) is 0 Å². The molecule has 140 valence electrons. The Morgan fingerprint density at radius 3 is 2.42 bits per heavy atom. The van der Waals surface area contributed by atoms with E-state index in [1.165, 1.54) is 12.8 Å². The van der Waals surface area contributed by atoms with Crippen molar-refractivity contribution < 1.29 is 4.79 Å². The monoisotopic (exact) mass is 338 g/mol. The number of hydrogen-bond acceptors (Lipinski definition) is 2. The zero-order chi connectivity index (χ0) is 18.0. The SMILES string of the molecule is CCNC(=NCCCCC(C)(C)C)N1CCC(CC(=O)NC)CC1. The number of carbonyl (C=O) groups excluding carboxylic acids is 1. The second-order valence-electron chi connectivity index (χ2n) is 8.06. The number of rotatable bonds is 7. The Labute approximate surface area is 148 Å². The number of likely N-dealkylation sites (tertiary alicyclic amines) is 1. The number of amides is 1. The molecule has 0 atom stereocenters. The van der Waals surface area contributed by atoms with E-state index < -0.39 is 0 Å². The lowest BCUT2D eigenvalue weighted by Gasteiger charge is -2.34. The van der Waals surface area contributed by atoms with Crippen molar-refractivity contribution in [1.82, 2.24) is 15.5 Å². The molecule has 0 aromatic carbocycles. The molecule has 5 heteroatoms. The van der Waals surface area contributed by atoms with Gasteiger partial charge in [-0.1, -0.05) is 27.2 Å². The highest BCUT2D eigenvalue weighted by molar-refractivity contribution is 5.80. The fourth-order valence-corrected chi connectivity index (χ4v) is 3.09. The number of nitrogens with one attached hydrogen (secondary N) is 2. The molecule has 1 saturated heterocycles. The van der Waals surface area contributed by atoms with Crippen LogP contribution in [-0.2, 0) is 4.79 Å². The zero-order valence-corrected chi connectivity index (χ0v) is 16.5. The molecule has 24 heavy (non-hydrogen) atoms. The van der Waals surface area contributed by atoms with Crippen molar-refractivity contribution in [2.24, 2.45) is 16.3 Å². The second-order valence-corrected chi connectivity index (χ2v) is 8.06. The van der Waals surface area contributed by atoms with Gasteiger partial charge in [-0.15, -0.1) is 0 Å². The minimum atomic E-state index is 0.160. The first-order valence-electron chi connectivity index (χ1n) is 9.59. The summed E-state index contributed by atoms with van der Waals surface area (Å²) in [7, 11) is 1.72. The Balaban J connectivity index is 2.39. The number of hydrogen-bond donors (Lipinski definition) is 2. The van der Waals surface area contributed by atoms with Crippen LogP contribution in [0.15, 0.2) is 4.99 Å². The van der Waals surface area contributed by atoms with Crippen molar-refractivity contribution in [3.05, 3.63) is 0 Å². The highest BCUT2D eigenvalue weighted by Gasteiger charge is 2.22. The van der Waals surface area contributed by atoms with Crippen LogP contribution in [0, 0.1) is 11.3 Å². The molecule has 0 aliphatic carbocycles. The Kier molecular flexibility index (Phi) is 9.16. The van der Waals surface area contributed by atoms with Crippen molar-refractivity contribution >= 4 is 11.9 Å². The van der Waals surface area contributed by atoms with Gasteiger partial charge in [0.25, 0.3) is 0 Å². The van der Waals surface area contributed by atoms with Crippen molar-refractivity contribution in [3.63, 3.8) is 0 Å². The first kappa shape index (κ1) is 20.8. The largest absolute Gasteiger partial charge is 0.359 e. The Hall–Kier alpha value is -1.26. The number of nitrogens with zero attached hydrogens (tertiary/aromatic N) is 2. The Morgan fingerprint density at radius 2 is 1.88 bits per heavy atom. The maximum atomic E-state index is 11.5. The molecule has 0 radical (unpaired) electrons. The summed E-state index contributed by atoms with van der Waals surface area (Å²) in [6, 6.07) is 0. The van der Waals surface area contributed by atoms with E-state index in [4.69, 9.17) is 4.99 Å². The second kappa shape index (κ2) is 10.6. The van der Waals surface area contributed by atoms with Gasteiger partial charge in [-0.2, -0.15) is 0 Å². The molecule has 0 aromatic heterocycles. The van der Waals surface area contributed by atoms with Gasteiger partial charge in [0.05, 0.1) is 0 Å². The third-order valence-corrected chi connectivity index (χ3v) is 4.60. The van der Waals surface area contributed by atoms with Gasteiger partial charge < -0.3 is 15.5 Å². The minimum Gasteiger partial charge on any atom is -0.359 e. The van der Waals surface area contributed by atoms with E-state index >= 15 is 0 Å². The van der Waals surface area contributed by atoms with E-state index in [-0.39, 0.29) is 5.91 Å². The van der Waals surface area contributed by atoms with Gasteiger partial charge in [0.1, 0.15) is 0 Å². The van der Waals surface area contributed by atoms with E-state index in [1.54, 1.807) is 7.05 Å². The third kappa shape index (κ3) is 8.55. The average Bonchev–Trinajstić information content (AvgIpc) is 2.53. The summed E-state index contributed by atoms with van der Waals surface area (Å²) in [6.45, 7) is 12.8. The number of guanidine groups is 1. The standard InChI is InChI=1S/C19H38N4O/c1-6-21-18(22-12-8-7-11-19(2,3)4)23-13-9-16(10-14-23)15-17(24)20-5/h16H,6-15H2,1-5H3,(H,20,24)(H,21,22). The van der Waals surface area contributed by atoms with Crippen LogP contribution < -0.4 is 10.6 Å². The summed E-state index contributed by atoms with van der Waals surface area (Å²) in [5.74, 6) is 1.72. The minimum absolute atomic E-state index is 0.160. The fraction of sp³-hybridized carbons (Fsp3) is 0.895. The molecule has 1 heterocycles. The summed E-state index contributed by atoms with van der Waals surface area (Å²) in [6.07, 6.45) is 6.44. The summed E-state index contributed by atoms with van der Waals surface area (Å²) < 4.78 is 0. The summed E-state index contributed by atoms with van der Waals surface area (Å²) in [4.78, 5) is 18.7. The molecule has 0 bridgehead atoms. The predicted molar refractivity (Wildman–Crippen MR) is 102 cm³/mol. The highest BCUT2D eigenvalue weighted by Crippen LogP contribution is 2.22. The summed E-state index contributed by atoms with van der Waals surface area (Å²) in [5, 5.41) is 6.15. The summed E-state index contributed by atoms with van der Waals surface area (Å²) in [5.41, 5.74) is 0.418. The lowest BCUT2D eigenvalue weighted by molar-refractivity contribution is -0.121. The molecule has 1 aliphatic rings. The predicted octanol–water partition coefficient (Wildman–Crippen LogP) is 3.02. The molecule has 0 spiro atoms. The van der Waals surface area contributed by atoms with Crippen LogP contribution in [0.4, 0.5) is 0 Å². The smallest absolute Gasteiger partial charge is 0.220 e. The molecule has 2 N–H and O–H groups in total. The van der Waals surface area contributed by atoms with Gasteiger partial charge in [-0.3, -0.25) is 9.79 Å². The molecule has 0 unspecified atom stereocenters. The number of unbranched alkanes of at least 4 members (excludes halogenated alkanes) is 1. The highest BCUT2D eigenvalue weighted by atomic mass is 16.1. The van der Waals surface area contributed by atoms with Crippen molar-refractivity contribution in [1.29, 1.82) is 0 Å². The van der Waals surface area contributed by atoms with E-state index in [1.807, 2.05) is 0 Å². The normalized spacial score (nSPS) is 17.0. The first-order valence-corrected chi connectivity index (χ1v) is 9.59. The van der Waals surface area contributed by atoms with Crippen LogP contribution >= 0.6 is 0 Å². The number of aliphatic imine (C=N–C) groups is 1. The fourth-order valence-electron chi connectivity index (χ4n) is 3.09. The lowest BCUT2D eigenvalue weighted by Crippen LogP contribution is -2.46. The number of carbonyl (C=O) groups is 1. The Bertz CT molecular complexity index is 393. The molecule has 1 amide bonds. The van der Waals surface area contributed by atoms with Crippen LogP contribution in [0.5, 0.6) is 0 Å². The maximum Gasteiger partial charge on any atom is 0.220 e. The first-order chi connectivity index (χ1) is 11.4. The molecule has 1 aliphatic heterocycles. The van der Waals surface area contributed by atoms with Crippen molar-refractivity contribution in [2.75, 3.05) is 33.2 Å². The van der Waals surface area contributed by atoms with Crippen LogP contribution in [-0.4, -0.2) is 50.0 Å². The third-order valence-electron chi connectivity index (χ3n) is 4.60. The molecule has 5 nitrogen and oxygen atoms in total. The van der Waals surface area contributed by atoms with Gasteiger partial charge in [0.15, 0.2) is 5.96 Å². The maximum absolute atomic E-state index is 11.5. The molecular weight excluding hydrogens is 300 g/mol. The van der Waals surface area contributed by atoms with E-state index in [0.717, 1.165) is 51.4 Å². The van der Waals surface area contributed by atoms with Crippen LogP contribution in [0.1, 0.15) is 66.2 Å². The van der Waals surface area contributed by atoms with Gasteiger partial charge in [-0.05, 0) is 43.9 Å². The molecule has 1 rings (SSSR count). The van der Waals surface area contributed by atoms with Crippen molar-refractivity contribution in [3.8, 4) is 0 Å². The van der Waals surface area contributed by atoms with Crippen LogP contribution in [0.25, 0.3) is 0 Å². The quantitative estimate of drug-likeness (QED) is 0.426. The van der Waals surface area contributed by atoms with Gasteiger partial charge in [0.2, 0.25) is 5.91 Å². The molecular formula is C19H38N4O. The van der Waals surface area contributed by atoms with Gasteiger partial charge >= 0.3 is 0 Å². The van der Waals surface area contributed by atoms with Gasteiger partial charge in [0, 0.05) is 39.6 Å². The lowest BCUT2D eigenvalue weighted by atomic mass is 9.90. The van der Waals surface area contributed by atoms with E-state index in [2.05, 4.69) is 43.2 Å². The van der Waals surface area contributed by atoms with Crippen molar-refractivity contribution in [2.45, 2.75) is 66.2 Å². The molecule has 1 fully saturated rings. The molecule has 0 aromatic rings. The van der Waals surface area contributed by atoms with Crippen LogP contribution in [0.3, 0.4) is 0 Å². The average molecular weight is 339 g/mol. The number of piperidine rings is 1. The molecule has 0 saturated carbocycles. The summed E-state index contributed by atoms with van der Waals surface area (Å²) >= 11 is 0. The van der Waals surface area contributed by atoms with E-state index in [9.17, 15) is 4.79 Å². The van der Waals surface area contributed by atoms with Crippen LogP contribution in [0.2, 0.25) is 0 Å². The zero-order valence-electron chi connectivity index (χ0n) is 16.5. The van der Waals surface area contributed by atoms with E-state index in [0.29, 0.717) is 17.8 Å².